The van der Waals surface area contributed by atoms with Crippen LogP contribution < -0.4 is 0 Å². The van der Waals surface area contributed by atoms with Gasteiger partial charge in [0.2, 0.25) is 0 Å². The predicted octanol–water partition coefficient (Wildman–Crippen LogP) is 3.94. The molecule has 0 aliphatic heterocycles. The van der Waals surface area contributed by atoms with Gasteiger partial charge in [0.15, 0.2) is 0 Å². The van der Waals surface area contributed by atoms with Crippen LogP contribution in [0.15, 0.2) is 23.4 Å². The van der Waals surface area contributed by atoms with Crippen LogP contribution in [0.4, 0.5) is 4.39 Å². The molecule has 1 aromatic carbocycles. The van der Waals surface area contributed by atoms with Crippen molar-refractivity contribution in [3.05, 3.63) is 39.8 Å². The van der Waals surface area contributed by atoms with Crippen molar-refractivity contribution in [1.82, 2.24) is 0 Å². The van der Waals surface area contributed by atoms with Crippen LogP contribution in [0, 0.1) is 11.8 Å². The molecular weight excluding hydrogens is 205 g/mol. The highest BCUT2D eigenvalue weighted by atomic mass is 19.1. The van der Waals surface area contributed by atoms with Crippen LogP contribution in [-0.2, 0) is 13.1 Å². The first-order valence-electron chi connectivity index (χ1n) is 5.67. The van der Waals surface area contributed by atoms with Crippen molar-refractivity contribution >= 4 is 0 Å². The van der Waals surface area contributed by atoms with Gasteiger partial charge in [-0.25, -0.2) is 4.39 Å². The quantitative estimate of drug-likeness (QED) is 0.671. The van der Waals surface area contributed by atoms with Gasteiger partial charge in [0, 0.05) is 0 Å². The molecule has 3 heteroatoms. The minimum Gasteiger partial charge on any atom is -0.246 e. The van der Waals surface area contributed by atoms with Gasteiger partial charge in [-0.05, 0) is 30.9 Å². The number of rotatable bonds is 6. The summed E-state index contributed by atoms with van der Waals surface area (Å²) in [5.74, 6) is 0. The number of aryl methyl sites for hydroxylation is 1. The maximum Gasteiger partial charge on any atom is 0.115 e. The van der Waals surface area contributed by atoms with Crippen LogP contribution in [0.5, 0.6) is 0 Å². The fourth-order valence-electron chi connectivity index (χ4n) is 1.94. The Morgan fingerprint density at radius 1 is 1.31 bits per heavy atom. The molecule has 0 fully saturated rings. The molecule has 0 radical (unpaired) electrons. The number of nitroso groups, excluding NO2 is 1. The van der Waals surface area contributed by atoms with Crippen molar-refractivity contribution in [1.29, 1.82) is 0 Å². The van der Waals surface area contributed by atoms with Crippen molar-refractivity contribution < 1.29 is 4.39 Å². The van der Waals surface area contributed by atoms with Gasteiger partial charge in [-0.1, -0.05) is 42.3 Å². The lowest BCUT2D eigenvalue weighted by molar-refractivity contribution is 0.484. The molecular formula is C13H18FNO. The summed E-state index contributed by atoms with van der Waals surface area (Å²) in [6.07, 6.45) is 2.35. The van der Waals surface area contributed by atoms with Crippen molar-refractivity contribution in [2.24, 2.45) is 5.18 Å². The number of halogens is 1. The van der Waals surface area contributed by atoms with Crippen LogP contribution in [0.25, 0.3) is 0 Å². The molecule has 88 valence electrons. The molecule has 1 rings (SSSR count). The lowest BCUT2D eigenvalue weighted by atomic mass is 9.99. The van der Waals surface area contributed by atoms with Crippen LogP contribution in [0.2, 0.25) is 0 Å². The molecule has 0 heterocycles. The number of hydrogen-bond donors (Lipinski definition) is 0. The molecule has 0 saturated carbocycles. The Balaban J connectivity index is 2.78. The van der Waals surface area contributed by atoms with Crippen molar-refractivity contribution in [2.45, 2.75) is 45.8 Å². The van der Waals surface area contributed by atoms with Crippen molar-refractivity contribution in [2.75, 3.05) is 0 Å². The van der Waals surface area contributed by atoms with Gasteiger partial charge < -0.3 is 0 Å². The summed E-state index contributed by atoms with van der Waals surface area (Å²) in [7, 11) is 0. The minimum absolute atomic E-state index is 0.181. The molecule has 2 nitrogen and oxygen atoms in total. The van der Waals surface area contributed by atoms with Crippen LogP contribution >= 0.6 is 0 Å². The molecule has 0 aliphatic rings. The van der Waals surface area contributed by atoms with Gasteiger partial charge in [-0.2, -0.15) is 4.91 Å². The van der Waals surface area contributed by atoms with Gasteiger partial charge in [-0.3, -0.25) is 0 Å². The first kappa shape index (κ1) is 12.8. The second-order valence-corrected chi connectivity index (χ2v) is 4.21. The maximum absolute atomic E-state index is 12.6. The smallest absolute Gasteiger partial charge is 0.115 e. The average molecular weight is 223 g/mol. The van der Waals surface area contributed by atoms with Crippen molar-refractivity contribution in [3.8, 4) is 0 Å². The predicted molar refractivity (Wildman–Crippen MR) is 64.2 cm³/mol. The summed E-state index contributed by atoms with van der Waals surface area (Å²) in [6, 6.07) is 5.46. The first-order valence-corrected chi connectivity index (χ1v) is 5.67. The van der Waals surface area contributed by atoms with E-state index < -0.39 is 6.67 Å². The van der Waals surface area contributed by atoms with E-state index in [9.17, 15) is 9.30 Å². The number of hydrogen-bond acceptors (Lipinski definition) is 2. The van der Waals surface area contributed by atoms with E-state index in [-0.39, 0.29) is 6.04 Å². The van der Waals surface area contributed by atoms with Crippen LogP contribution in [0.1, 0.15) is 36.5 Å². The summed E-state index contributed by atoms with van der Waals surface area (Å²) in [6.45, 7) is 3.51. The zero-order valence-corrected chi connectivity index (χ0v) is 9.87. The molecule has 0 aromatic heterocycles. The molecule has 0 amide bonds. The van der Waals surface area contributed by atoms with Crippen molar-refractivity contribution in [3.63, 3.8) is 0 Å². The normalized spacial score (nSPS) is 12.4. The number of nitrogens with zero attached hydrogens (tertiary/aromatic N) is 1. The Morgan fingerprint density at radius 3 is 2.56 bits per heavy atom. The molecule has 0 saturated heterocycles. The van der Waals surface area contributed by atoms with E-state index in [1.165, 1.54) is 0 Å². The standard InChI is InChI=1S/C13H18FNO/c1-3-4-13(15-16)8-11-5-10(2)6-12(7-11)9-14/h5-7,13H,3-4,8-9H2,1-2H3. The topological polar surface area (TPSA) is 29.4 Å². The number of alkyl halides is 1. The number of benzene rings is 1. The summed E-state index contributed by atoms with van der Waals surface area (Å²) in [5.41, 5.74) is 2.72. The molecule has 1 atom stereocenters. The fraction of sp³-hybridized carbons (Fsp3) is 0.538. The van der Waals surface area contributed by atoms with E-state index in [0.29, 0.717) is 12.0 Å². The SMILES string of the molecule is CCCC(Cc1cc(C)cc(CF)c1)N=O. The zero-order valence-electron chi connectivity index (χ0n) is 9.87. The highest BCUT2D eigenvalue weighted by Crippen LogP contribution is 2.15. The summed E-state index contributed by atoms with van der Waals surface area (Å²) in [5, 5.41) is 3.11. The molecule has 0 spiro atoms. The lowest BCUT2D eigenvalue weighted by Gasteiger charge is -2.09. The molecule has 1 aromatic rings. The molecule has 0 bridgehead atoms. The summed E-state index contributed by atoms with van der Waals surface area (Å²) in [4.78, 5) is 10.6. The Hall–Kier alpha value is -1.25. The van der Waals surface area contributed by atoms with Gasteiger partial charge in [0.05, 0.1) is 6.04 Å². The minimum atomic E-state index is -0.457. The van der Waals surface area contributed by atoms with E-state index in [2.05, 4.69) is 5.18 Å². The van der Waals surface area contributed by atoms with E-state index in [1.54, 1.807) is 0 Å². The monoisotopic (exact) mass is 223 g/mol. The maximum atomic E-state index is 12.6. The van der Waals surface area contributed by atoms with E-state index >= 15 is 0 Å². The Bertz CT molecular complexity index is 352. The average Bonchev–Trinajstić information content (AvgIpc) is 2.27. The third kappa shape index (κ3) is 3.72. The van der Waals surface area contributed by atoms with Gasteiger partial charge in [0.1, 0.15) is 6.67 Å². The second kappa shape index (κ2) is 6.36. The van der Waals surface area contributed by atoms with Crippen LogP contribution in [0.3, 0.4) is 0 Å². The Labute approximate surface area is 95.8 Å². The third-order valence-corrected chi connectivity index (χ3v) is 2.59. The lowest BCUT2D eigenvalue weighted by Crippen LogP contribution is -2.07. The highest BCUT2D eigenvalue weighted by Gasteiger charge is 2.09. The fourth-order valence-corrected chi connectivity index (χ4v) is 1.94. The third-order valence-electron chi connectivity index (χ3n) is 2.59. The molecule has 0 N–H and O–H groups in total. The Kier molecular flexibility index (Phi) is 5.09. The first-order chi connectivity index (χ1) is 7.69. The van der Waals surface area contributed by atoms with E-state index in [0.717, 1.165) is 24.0 Å². The largest absolute Gasteiger partial charge is 0.246 e. The highest BCUT2D eigenvalue weighted by molar-refractivity contribution is 5.29. The van der Waals surface area contributed by atoms with Gasteiger partial charge in [0.25, 0.3) is 0 Å². The van der Waals surface area contributed by atoms with Gasteiger partial charge >= 0.3 is 0 Å². The summed E-state index contributed by atoms with van der Waals surface area (Å²) < 4.78 is 12.6. The summed E-state index contributed by atoms with van der Waals surface area (Å²) >= 11 is 0. The van der Waals surface area contributed by atoms with Gasteiger partial charge in [-0.15, -0.1) is 0 Å². The zero-order chi connectivity index (χ0) is 12.0. The van der Waals surface area contributed by atoms with E-state index in [4.69, 9.17) is 0 Å². The molecule has 16 heavy (non-hydrogen) atoms. The van der Waals surface area contributed by atoms with Crippen LogP contribution in [-0.4, -0.2) is 6.04 Å². The molecule has 0 aliphatic carbocycles. The Morgan fingerprint density at radius 2 is 2.00 bits per heavy atom. The second-order valence-electron chi connectivity index (χ2n) is 4.21. The molecule has 1 unspecified atom stereocenters. The van der Waals surface area contributed by atoms with E-state index in [1.807, 2.05) is 32.0 Å².